The lowest BCUT2D eigenvalue weighted by Gasteiger charge is -2.22. The van der Waals surface area contributed by atoms with Crippen LogP contribution in [0.5, 0.6) is 5.75 Å². The number of carbonyl (C=O) groups is 1. The number of carbonyl (C=O) groups excluding carboxylic acids is 1. The minimum Gasteiger partial charge on any atom is -0.493 e. The fraction of sp³-hybridized carbons (Fsp3) is 0.387. The standard InChI is InChI=1S/C27H26N2O4.C4H10O/c1-15-14-23-20(4-6-22(29-23)16(2)30)26(19(15)10-13-32-17(3)31)21-5-7-24-25-18(9-12-33-24)8-11-28-27(21)25;1-4(2,3)5/h4-8,11,14,16,30H,9-10,12-13H2,1-3H3;5H,1-3H3. The van der Waals surface area contributed by atoms with E-state index in [0.29, 0.717) is 25.3 Å². The van der Waals surface area contributed by atoms with Crippen molar-refractivity contribution in [1.82, 2.24) is 9.97 Å². The highest BCUT2D eigenvalue weighted by atomic mass is 16.5. The molecule has 7 heteroatoms. The number of fused-ring (bicyclic) bond motifs is 1. The Kier molecular flexibility index (Phi) is 7.99. The van der Waals surface area contributed by atoms with Gasteiger partial charge >= 0.3 is 5.97 Å². The normalized spacial score (nSPS) is 13.5. The minimum absolute atomic E-state index is 0.293. The van der Waals surface area contributed by atoms with Gasteiger partial charge < -0.3 is 19.7 Å². The van der Waals surface area contributed by atoms with E-state index in [4.69, 9.17) is 24.5 Å². The van der Waals surface area contributed by atoms with Gasteiger partial charge in [-0.1, -0.05) is 6.07 Å². The molecule has 0 saturated heterocycles. The van der Waals surface area contributed by atoms with Gasteiger partial charge in [0.1, 0.15) is 5.75 Å². The van der Waals surface area contributed by atoms with Gasteiger partial charge in [0.25, 0.3) is 0 Å². The molecule has 0 spiro atoms. The number of esters is 1. The largest absolute Gasteiger partial charge is 0.493 e. The predicted molar refractivity (Wildman–Crippen MR) is 149 cm³/mol. The van der Waals surface area contributed by atoms with Crippen molar-refractivity contribution in [1.29, 1.82) is 0 Å². The van der Waals surface area contributed by atoms with Gasteiger partial charge in [0.15, 0.2) is 0 Å². The molecule has 0 saturated carbocycles. The average molecular weight is 517 g/mol. The van der Waals surface area contributed by atoms with Crippen molar-refractivity contribution in [2.45, 2.75) is 66.1 Å². The number of benzene rings is 2. The topological polar surface area (TPSA) is 102 Å². The molecule has 7 nitrogen and oxygen atoms in total. The molecule has 0 amide bonds. The van der Waals surface area contributed by atoms with Gasteiger partial charge in [0.2, 0.25) is 0 Å². The first kappa shape index (κ1) is 27.5. The summed E-state index contributed by atoms with van der Waals surface area (Å²) in [6.07, 6.45) is 2.63. The second kappa shape index (κ2) is 11.1. The van der Waals surface area contributed by atoms with Crippen LogP contribution in [0.15, 0.2) is 42.6 Å². The smallest absolute Gasteiger partial charge is 0.302 e. The van der Waals surface area contributed by atoms with Crippen LogP contribution < -0.4 is 4.74 Å². The Morgan fingerprint density at radius 1 is 1.18 bits per heavy atom. The summed E-state index contributed by atoms with van der Waals surface area (Å²) in [6.45, 7) is 11.4. The Morgan fingerprint density at radius 3 is 2.61 bits per heavy atom. The molecule has 3 heterocycles. The second-order valence-electron chi connectivity index (χ2n) is 10.7. The third-order valence-electron chi connectivity index (χ3n) is 6.27. The highest BCUT2D eigenvalue weighted by Crippen LogP contribution is 2.42. The molecule has 1 aliphatic heterocycles. The number of rotatable bonds is 5. The molecule has 200 valence electrons. The van der Waals surface area contributed by atoms with Gasteiger partial charge in [-0.05, 0) is 87.2 Å². The van der Waals surface area contributed by atoms with E-state index in [-0.39, 0.29) is 5.97 Å². The highest BCUT2D eigenvalue weighted by Gasteiger charge is 2.22. The number of nitrogens with zero attached hydrogens (tertiary/aromatic N) is 2. The number of aliphatic hydroxyl groups excluding tert-OH is 1. The van der Waals surface area contributed by atoms with Crippen LogP contribution in [0.2, 0.25) is 0 Å². The monoisotopic (exact) mass is 516 g/mol. The fourth-order valence-corrected chi connectivity index (χ4v) is 4.73. The fourth-order valence-electron chi connectivity index (χ4n) is 4.73. The molecule has 5 rings (SSSR count). The summed E-state index contributed by atoms with van der Waals surface area (Å²) in [7, 11) is 0. The van der Waals surface area contributed by atoms with Crippen LogP contribution >= 0.6 is 0 Å². The van der Waals surface area contributed by atoms with Crippen molar-refractivity contribution < 1.29 is 24.5 Å². The second-order valence-corrected chi connectivity index (χ2v) is 10.7. The predicted octanol–water partition coefficient (Wildman–Crippen LogP) is 5.63. The Morgan fingerprint density at radius 2 is 1.92 bits per heavy atom. The van der Waals surface area contributed by atoms with E-state index in [1.54, 1.807) is 27.7 Å². The van der Waals surface area contributed by atoms with Gasteiger partial charge in [-0.25, -0.2) is 0 Å². The number of hydrogen-bond acceptors (Lipinski definition) is 7. The Labute approximate surface area is 223 Å². The lowest BCUT2D eigenvalue weighted by Crippen LogP contribution is -2.10. The van der Waals surface area contributed by atoms with E-state index in [1.165, 1.54) is 12.5 Å². The van der Waals surface area contributed by atoms with Gasteiger partial charge in [-0.15, -0.1) is 0 Å². The Bertz CT molecular complexity index is 1470. The Hall–Kier alpha value is -3.55. The number of aliphatic hydroxyl groups is 2. The molecule has 4 aromatic rings. The van der Waals surface area contributed by atoms with Crippen LogP contribution in [0.1, 0.15) is 63.1 Å². The van der Waals surface area contributed by atoms with Crippen LogP contribution in [0.25, 0.3) is 32.9 Å². The van der Waals surface area contributed by atoms with Crippen LogP contribution in [-0.2, 0) is 22.4 Å². The van der Waals surface area contributed by atoms with Crippen molar-refractivity contribution in [3.63, 3.8) is 0 Å². The van der Waals surface area contributed by atoms with Crippen LogP contribution in [0.4, 0.5) is 0 Å². The molecule has 0 radical (unpaired) electrons. The molecule has 0 aliphatic carbocycles. The van der Waals surface area contributed by atoms with Crippen LogP contribution in [0.3, 0.4) is 0 Å². The van der Waals surface area contributed by atoms with Gasteiger partial charge in [0.05, 0.1) is 41.6 Å². The van der Waals surface area contributed by atoms with E-state index >= 15 is 0 Å². The van der Waals surface area contributed by atoms with Gasteiger partial charge in [0, 0.05) is 42.3 Å². The first-order valence-corrected chi connectivity index (χ1v) is 12.9. The van der Waals surface area contributed by atoms with Crippen molar-refractivity contribution in [2.24, 2.45) is 0 Å². The molecule has 0 bridgehead atoms. The molecule has 38 heavy (non-hydrogen) atoms. The molecule has 1 unspecified atom stereocenters. The number of aromatic nitrogens is 2. The maximum absolute atomic E-state index is 11.4. The first-order valence-electron chi connectivity index (χ1n) is 12.9. The van der Waals surface area contributed by atoms with E-state index in [9.17, 15) is 9.90 Å². The summed E-state index contributed by atoms with van der Waals surface area (Å²) in [5.41, 5.74) is 7.24. The van der Waals surface area contributed by atoms with Crippen molar-refractivity contribution >= 4 is 27.8 Å². The number of aryl methyl sites for hydroxylation is 1. The molecular formula is C31H36N2O5. The quantitative estimate of drug-likeness (QED) is 0.332. The third kappa shape index (κ3) is 6.11. The maximum Gasteiger partial charge on any atom is 0.302 e. The third-order valence-corrected chi connectivity index (χ3v) is 6.27. The van der Waals surface area contributed by atoms with Crippen molar-refractivity contribution in [2.75, 3.05) is 13.2 Å². The van der Waals surface area contributed by atoms with Gasteiger partial charge in [-0.2, -0.15) is 0 Å². The summed E-state index contributed by atoms with van der Waals surface area (Å²) < 4.78 is 11.2. The van der Waals surface area contributed by atoms with E-state index < -0.39 is 11.7 Å². The molecule has 1 atom stereocenters. The summed E-state index contributed by atoms with van der Waals surface area (Å²) in [5, 5.41) is 20.6. The molecular weight excluding hydrogens is 480 g/mol. The van der Waals surface area contributed by atoms with Gasteiger partial charge in [-0.3, -0.25) is 14.8 Å². The zero-order valence-electron chi connectivity index (χ0n) is 23.0. The van der Waals surface area contributed by atoms with Crippen molar-refractivity contribution in [3.05, 3.63) is 65.0 Å². The lowest BCUT2D eigenvalue weighted by atomic mass is 9.88. The molecule has 2 N–H and O–H groups in total. The minimum atomic E-state index is -0.652. The lowest BCUT2D eigenvalue weighted by molar-refractivity contribution is -0.140. The summed E-state index contributed by atoms with van der Waals surface area (Å²) >= 11 is 0. The first-order chi connectivity index (χ1) is 17.9. The zero-order valence-corrected chi connectivity index (χ0v) is 23.0. The van der Waals surface area contributed by atoms with E-state index in [1.807, 2.05) is 37.4 Å². The van der Waals surface area contributed by atoms with Crippen molar-refractivity contribution in [3.8, 4) is 16.9 Å². The highest BCUT2D eigenvalue weighted by molar-refractivity contribution is 6.07. The number of pyridine rings is 2. The zero-order chi connectivity index (χ0) is 27.6. The summed E-state index contributed by atoms with van der Waals surface area (Å²) in [4.78, 5) is 20.9. The number of hydrogen-bond donors (Lipinski definition) is 2. The molecule has 2 aromatic carbocycles. The molecule has 2 aromatic heterocycles. The number of ether oxygens (including phenoxy) is 2. The summed E-state index contributed by atoms with van der Waals surface area (Å²) in [5.74, 6) is 0.565. The SMILES string of the molecule is CC(=O)OCCc1c(C)cc2nc(C(C)O)ccc2c1-c1ccc2c3c(ccnc13)CCO2.CC(C)(C)O. The molecule has 1 aliphatic rings. The molecule has 0 fully saturated rings. The Balaban J connectivity index is 0.000000617. The van der Waals surface area contributed by atoms with E-state index in [0.717, 1.165) is 56.2 Å². The average Bonchev–Trinajstić information content (AvgIpc) is 2.83. The van der Waals surface area contributed by atoms with Crippen LogP contribution in [0, 0.1) is 6.92 Å². The summed E-state index contributed by atoms with van der Waals surface area (Å²) in [6, 6.07) is 12.1. The maximum atomic E-state index is 11.4. The van der Waals surface area contributed by atoms with Crippen LogP contribution in [-0.4, -0.2) is 45.0 Å². The van der Waals surface area contributed by atoms with E-state index in [2.05, 4.69) is 12.1 Å².